The third-order valence-electron chi connectivity index (χ3n) is 4.43. The van der Waals surface area contributed by atoms with E-state index in [-0.39, 0.29) is 6.04 Å². The number of benzene rings is 1. The van der Waals surface area contributed by atoms with Gasteiger partial charge in [-0.05, 0) is 18.9 Å². The largest absolute Gasteiger partial charge is 0.388 e. The van der Waals surface area contributed by atoms with Crippen molar-refractivity contribution in [1.82, 2.24) is 14.7 Å². The van der Waals surface area contributed by atoms with Crippen molar-refractivity contribution in [2.24, 2.45) is 0 Å². The van der Waals surface area contributed by atoms with Crippen LogP contribution in [0.15, 0.2) is 42.7 Å². The van der Waals surface area contributed by atoms with Crippen LogP contribution in [0, 0.1) is 0 Å². The number of aryl methyl sites for hydroxylation is 1. The normalized spacial score (nSPS) is 20.5. The lowest BCUT2D eigenvalue weighted by atomic mass is 10.0. The van der Waals surface area contributed by atoms with E-state index in [0.29, 0.717) is 13.0 Å². The van der Waals surface area contributed by atoms with Gasteiger partial charge in [-0.2, -0.15) is 5.10 Å². The minimum Gasteiger partial charge on any atom is -0.388 e. The quantitative estimate of drug-likeness (QED) is 0.888. The fourth-order valence-electron chi connectivity index (χ4n) is 3.08. The molecule has 2 unspecified atom stereocenters. The molecule has 1 N–H and O–H groups in total. The summed E-state index contributed by atoms with van der Waals surface area (Å²) in [6.07, 6.45) is 4.26. The van der Waals surface area contributed by atoms with Gasteiger partial charge in [0.15, 0.2) is 0 Å². The van der Waals surface area contributed by atoms with Gasteiger partial charge in [-0.3, -0.25) is 9.58 Å². The predicted molar refractivity (Wildman–Crippen MR) is 88.9 cm³/mol. The maximum absolute atomic E-state index is 10.5. The van der Waals surface area contributed by atoms with Crippen molar-refractivity contribution >= 4 is 0 Å². The number of hydrogen-bond donors (Lipinski definition) is 1. The molecule has 0 radical (unpaired) electrons. The molecular weight excluding hydrogens is 290 g/mol. The molecule has 2 atom stereocenters. The first-order chi connectivity index (χ1) is 11.3. The summed E-state index contributed by atoms with van der Waals surface area (Å²) in [6, 6.07) is 10.1. The molecule has 1 aromatic carbocycles. The van der Waals surface area contributed by atoms with Gasteiger partial charge >= 0.3 is 0 Å². The molecule has 124 valence electrons. The van der Waals surface area contributed by atoms with E-state index >= 15 is 0 Å². The number of aliphatic hydroxyl groups is 1. The van der Waals surface area contributed by atoms with Crippen LogP contribution in [0.3, 0.4) is 0 Å². The molecule has 0 spiro atoms. The second-order valence-electron chi connectivity index (χ2n) is 6.07. The van der Waals surface area contributed by atoms with Gasteiger partial charge < -0.3 is 9.84 Å². The monoisotopic (exact) mass is 315 g/mol. The highest BCUT2D eigenvalue weighted by Crippen LogP contribution is 2.23. The lowest BCUT2D eigenvalue weighted by Gasteiger charge is -2.36. The summed E-state index contributed by atoms with van der Waals surface area (Å²) >= 11 is 0. The van der Waals surface area contributed by atoms with E-state index < -0.39 is 6.10 Å². The summed E-state index contributed by atoms with van der Waals surface area (Å²) in [5, 5.41) is 14.8. The van der Waals surface area contributed by atoms with Crippen LogP contribution in [0.5, 0.6) is 0 Å². The molecule has 1 saturated heterocycles. The van der Waals surface area contributed by atoms with Crippen molar-refractivity contribution in [2.75, 3.05) is 19.8 Å². The Hall–Kier alpha value is -1.69. The van der Waals surface area contributed by atoms with Crippen molar-refractivity contribution in [3.63, 3.8) is 0 Å². The van der Waals surface area contributed by atoms with E-state index in [9.17, 15) is 5.11 Å². The molecule has 3 rings (SSSR count). The van der Waals surface area contributed by atoms with E-state index in [1.807, 2.05) is 41.2 Å². The van der Waals surface area contributed by atoms with Crippen LogP contribution in [0.1, 0.15) is 30.6 Å². The highest BCUT2D eigenvalue weighted by Gasteiger charge is 2.26. The molecule has 1 aromatic heterocycles. The highest BCUT2D eigenvalue weighted by atomic mass is 16.5. The van der Waals surface area contributed by atoms with Gasteiger partial charge in [-0.1, -0.05) is 30.3 Å². The van der Waals surface area contributed by atoms with Crippen LogP contribution in [0.2, 0.25) is 0 Å². The second kappa shape index (κ2) is 7.73. The Morgan fingerprint density at radius 1 is 1.35 bits per heavy atom. The van der Waals surface area contributed by atoms with E-state index in [1.165, 1.54) is 5.56 Å². The van der Waals surface area contributed by atoms with Crippen LogP contribution >= 0.6 is 0 Å². The summed E-state index contributed by atoms with van der Waals surface area (Å²) in [4.78, 5) is 2.40. The van der Waals surface area contributed by atoms with Crippen molar-refractivity contribution < 1.29 is 9.84 Å². The average molecular weight is 315 g/mol. The lowest BCUT2D eigenvalue weighted by molar-refractivity contribution is -0.0300. The standard InChI is InChI=1S/C18H25N3O2/c1-2-21-13-15(11-19-21)12-20-8-9-23-14-17(20)10-18(22)16-6-4-3-5-7-16/h3-7,11,13,17-18,22H,2,8-10,12,14H2,1H3. The zero-order valence-corrected chi connectivity index (χ0v) is 13.6. The number of aliphatic hydroxyl groups excluding tert-OH is 1. The topological polar surface area (TPSA) is 50.5 Å². The summed E-state index contributed by atoms with van der Waals surface area (Å²) in [5.41, 5.74) is 2.18. The van der Waals surface area contributed by atoms with Crippen LogP contribution < -0.4 is 0 Å². The molecule has 0 bridgehead atoms. The molecule has 0 saturated carbocycles. The summed E-state index contributed by atoms with van der Waals surface area (Å²) < 4.78 is 7.59. The lowest BCUT2D eigenvalue weighted by Crippen LogP contribution is -2.45. The van der Waals surface area contributed by atoms with Gasteiger partial charge in [0.05, 0.1) is 25.5 Å². The maximum atomic E-state index is 10.5. The van der Waals surface area contributed by atoms with E-state index in [1.54, 1.807) is 0 Å². The average Bonchev–Trinajstić information content (AvgIpc) is 3.05. The molecule has 1 aliphatic rings. The predicted octanol–water partition coefficient (Wildman–Crippen LogP) is 2.23. The summed E-state index contributed by atoms with van der Waals surface area (Å²) in [7, 11) is 0. The molecular formula is C18H25N3O2. The van der Waals surface area contributed by atoms with Gasteiger partial charge in [0.1, 0.15) is 0 Å². The Bertz CT molecular complexity index is 599. The fourth-order valence-corrected chi connectivity index (χ4v) is 3.08. The molecule has 5 heteroatoms. The third-order valence-corrected chi connectivity index (χ3v) is 4.43. The fraction of sp³-hybridized carbons (Fsp3) is 0.500. The van der Waals surface area contributed by atoms with Gasteiger partial charge in [0.25, 0.3) is 0 Å². The Kier molecular flexibility index (Phi) is 5.43. The number of rotatable bonds is 6. The van der Waals surface area contributed by atoms with Crippen LogP contribution in [-0.2, 0) is 17.8 Å². The molecule has 0 aliphatic carbocycles. The van der Waals surface area contributed by atoms with E-state index in [2.05, 4.69) is 23.1 Å². The number of ether oxygens (including phenoxy) is 1. The summed E-state index contributed by atoms with van der Waals surface area (Å²) in [5.74, 6) is 0. The second-order valence-corrected chi connectivity index (χ2v) is 6.07. The van der Waals surface area contributed by atoms with Crippen molar-refractivity contribution in [2.45, 2.75) is 38.6 Å². The molecule has 1 fully saturated rings. The highest BCUT2D eigenvalue weighted by molar-refractivity contribution is 5.17. The first kappa shape index (κ1) is 16.2. The maximum Gasteiger partial charge on any atom is 0.0805 e. The minimum atomic E-state index is -0.455. The number of hydrogen-bond acceptors (Lipinski definition) is 4. The van der Waals surface area contributed by atoms with Gasteiger partial charge in [-0.25, -0.2) is 0 Å². The van der Waals surface area contributed by atoms with Crippen molar-refractivity contribution in [3.05, 3.63) is 53.9 Å². The van der Waals surface area contributed by atoms with E-state index in [4.69, 9.17) is 4.74 Å². The van der Waals surface area contributed by atoms with Gasteiger partial charge in [-0.15, -0.1) is 0 Å². The Morgan fingerprint density at radius 3 is 2.91 bits per heavy atom. The molecule has 1 aliphatic heterocycles. The Labute approximate surface area is 137 Å². The number of morpholine rings is 1. The first-order valence-corrected chi connectivity index (χ1v) is 8.32. The smallest absolute Gasteiger partial charge is 0.0805 e. The van der Waals surface area contributed by atoms with Crippen LogP contribution in [0.4, 0.5) is 0 Å². The Morgan fingerprint density at radius 2 is 2.17 bits per heavy atom. The summed E-state index contributed by atoms with van der Waals surface area (Å²) in [6.45, 7) is 6.15. The third kappa shape index (κ3) is 4.19. The first-order valence-electron chi connectivity index (χ1n) is 8.32. The molecule has 23 heavy (non-hydrogen) atoms. The number of aromatic nitrogens is 2. The minimum absolute atomic E-state index is 0.226. The van der Waals surface area contributed by atoms with Gasteiger partial charge in [0, 0.05) is 37.4 Å². The number of nitrogens with zero attached hydrogens (tertiary/aromatic N) is 3. The zero-order valence-electron chi connectivity index (χ0n) is 13.6. The zero-order chi connectivity index (χ0) is 16.1. The molecule has 5 nitrogen and oxygen atoms in total. The molecule has 0 amide bonds. The van der Waals surface area contributed by atoms with E-state index in [0.717, 1.165) is 31.8 Å². The van der Waals surface area contributed by atoms with Crippen LogP contribution in [0.25, 0.3) is 0 Å². The van der Waals surface area contributed by atoms with Gasteiger partial charge in [0.2, 0.25) is 0 Å². The van der Waals surface area contributed by atoms with Crippen LogP contribution in [-0.4, -0.2) is 45.6 Å². The molecule has 2 heterocycles. The van der Waals surface area contributed by atoms with Crippen molar-refractivity contribution in [1.29, 1.82) is 0 Å². The Balaban J connectivity index is 1.64. The molecule has 2 aromatic rings. The van der Waals surface area contributed by atoms with Crippen molar-refractivity contribution in [3.8, 4) is 0 Å². The SMILES string of the molecule is CCn1cc(CN2CCOCC2CC(O)c2ccccc2)cn1.